The fraction of sp³-hybridized carbons (Fsp3) is 0.438. The van der Waals surface area contributed by atoms with Gasteiger partial charge in [0.15, 0.2) is 0 Å². The molecule has 3 rings (SSSR count). The van der Waals surface area contributed by atoms with Crippen LogP contribution < -0.4 is 9.47 Å². The molecule has 1 aliphatic rings. The summed E-state index contributed by atoms with van der Waals surface area (Å²) in [5.74, 6) is 3.86. The van der Waals surface area contributed by atoms with Gasteiger partial charge in [-0.2, -0.15) is 0 Å². The number of para-hydroxylation sites is 1. The summed E-state index contributed by atoms with van der Waals surface area (Å²) in [4.78, 5) is 6.99. The van der Waals surface area contributed by atoms with Crippen molar-refractivity contribution in [1.29, 1.82) is 0 Å². The van der Waals surface area contributed by atoms with Gasteiger partial charge in [0.2, 0.25) is 5.88 Å². The first-order chi connectivity index (χ1) is 10.4. The predicted molar refractivity (Wildman–Crippen MR) is 87.3 cm³/mol. The highest BCUT2D eigenvalue weighted by molar-refractivity contribution is 7.99. The SMILES string of the molecule is COc1cc(OCCCN2CCSC2)nc2ccccc12. The number of nitrogens with zero attached hydrogens (tertiary/aromatic N) is 2. The molecule has 1 aliphatic heterocycles. The average molecular weight is 304 g/mol. The van der Waals surface area contributed by atoms with Gasteiger partial charge >= 0.3 is 0 Å². The first-order valence-electron chi connectivity index (χ1n) is 7.23. The number of hydrogen-bond donors (Lipinski definition) is 0. The molecule has 112 valence electrons. The molecule has 4 nitrogen and oxygen atoms in total. The molecule has 0 spiro atoms. The van der Waals surface area contributed by atoms with Crippen LogP contribution in [0.25, 0.3) is 10.9 Å². The third kappa shape index (κ3) is 3.60. The Hall–Kier alpha value is -1.46. The van der Waals surface area contributed by atoms with E-state index in [1.165, 1.54) is 12.3 Å². The largest absolute Gasteiger partial charge is 0.496 e. The monoisotopic (exact) mass is 304 g/mol. The Balaban J connectivity index is 1.61. The molecule has 1 aromatic heterocycles. The van der Waals surface area contributed by atoms with Gasteiger partial charge in [0.1, 0.15) is 5.75 Å². The maximum absolute atomic E-state index is 5.79. The fourth-order valence-corrected chi connectivity index (χ4v) is 3.49. The summed E-state index contributed by atoms with van der Waals surface area (Å²) in [6.07, 6.45) is 1.03. The van der Waals surface area contributed by atoms with Crippen LogP contribution in [0, 0.1) is 0 Å². The van der Waals surface area contributed by atoms with E-state index < -0.39 is 0 Å². The number of fused-ring (bicyclic) bond motifs is 1. The highest BCUT2D eigenvalue weighted by atomic mass is 32.2. The van der Waals surface area contributed by atoms with Crippen molar-refractivity contribution >= 4 is 22.7 Å². The lowest BCUT2D eigenvalue weighted by Gasteiger charge is -2.14. The van der Waals surface area contributed by atoms with E-state index in [1.807, 2.05) is 42.1 Å². The van der Waals surface area contributed by atoms with Crippen molar-refractivity contribution in [3.63, 3.8) is 0 Å². The Labute approximate surface area is 129 Å². The van der Waals surface area contributed by atoms with Gasteiger partial charge in [-0.1, -0.05) is 12.1 Å². The Morgan fingerprint density at radius 3 is 3.05 bits per heavy atom. The molecule has 1 saturated heterocycles. The van der Waals surface area contributed by atoms with E-state index in [9.17, 15) is 0 Å². The second kappa shape index (κ2) is 7.00. The van der Waals surface area contributed by atoms with Crippen molar-refractivity contribution < 1.29 is 9.47 Å². The van der Waals surface area contributed by atoms with Crippen molar-refractivity contribution in [2.45, 2.75) is 6.42 Å². The molecule has 0 radical (unpaired) electrons. The molecule has 2 heterocycles. The summed E-state index contributed by atoms with van der Waals surface area (Å²) in [6.45, 7) is 2.99. The Bertz CT molecular complexity index is 600. The number of pyridine rings is 1. The molecule has 0 amide bonds. The normalized spacial score (nSPS) is 15.5. The first kappa shape index (κ1) is 14.5. The van der Waals surface area contributed by atoms with Crippen molar-refractivity contribution in [3.05, 3.63) is 30.3 Å². The molecular formula is C16H20N2O2S. The van der Waals surface area contributed by atoms with E-state index in [-0.39, 0.29) is 0 Å². The molecular weight excluding hydrogens is 284 g/mol. The molecule has 0 aliphatic carbocycles. The molecule has 1 aromatic carbocycles. The number of ether oxygens (including phenoxy) is 2. The standard InChI is InChI=1S/C16H20N2O2S/c1-19-15-11-16(17-14-6-3-2-5-13(14)15)20-9-4-7-18-8-10-21-12-18/h2-3,5-6,11H,4,7-10,12H2,1H3. The number of aromatic nitrogens is 1. The van der Waals surface area contributed by atoms with Crippen LogP contribution in [-0.4, -0.2) is 48.3 Å². The van der Waals surface area contributed by atoms with Crippen LogP contribution in [-0.2, 0) is 0 Å². The van der Waals surface area contributed by atoms with Crippen molar-refractivity contribution in [1.82, 2.24) is 9.88 Å². The third-order valence-electron chi connectivity index (χ3n) is 3.57. The molecule has 0 saturated carbocycles. The first-order valence-corrected chi connectivity index (χ1v) is 8.39. The van der Waals surface area contributed by atoms with Crippen LogP contribution >= 0.6 is 11.8 Å². The average Bonchev–Trinajstić information content (AvgIpc) is 3.04. The maximum atomic E-state index is 5.79. The molecule has 2 aromatic rings. The molecule has 21 heavy (non-hydrogen) atoms. The number of methoxy groups -OCH3 is 1. The predicted octanol–water partition coefficient (Wildman–Crippen LogP) is 3.02. The lowest BCUT2D eigenvalue weighted by Crippen LogP contribution is -2.22. The number of hydrogen-bond acceptors (Lipinski definition) is 5. The third-order valence-corrected chi connectivity index (χ3v) is 4.59. The van der Waals surface area contributed by atoms with Crippen LogP contribution in [0.3, 0.4) is 0 Å². The minimum absolute atomic E-state index is 0.640. The van der Waals surface area contributed by atoms with Gasteiger partial charge < -0.3 is 9.47 Å². The van der Waals surface area contributed by atoms with Crippen molar-refractivity contribution in [2.75, 3.05) is 38.4 Å². The summed E-state index contributed by atoms with van der Waals surface area (Å²) in [5.41, 5.74) is 0.905. The molecule has 0 atom stereocenters. The van der Waals surface area contributed by atoms with Crippen LogP contribution in [0.5, 0.6) is 11.6 Å². The van der Waals surface area contributed by atoms with E-state index in [4.69, 9.17) is 9.47 Å². The van der Waals surface area contributed by atoms with Gasteiger partial charge in [-0.3, -0.25) is 4.90 Å². The maximum Gasteiger partial charge on any atom is 0.217 e. The number of benzene rings is 1. The lowest BCUT2D eigenvalue weighted by molar-refractivity contribution is 0.262. The molecule has 1 fully saturated rings. The Kier molecular flexibility index (Phi) is 4.83. The summed E-state index contributed by atoms with van der Waals surface area (Å²) < 4.78 is 11.2. The molecule has 0 unspecified atom stereocenters. The zero-order valence-corrected chi connectivity index (χ0v) is 13.1. The van der Waals surface area contributed by atoms with E-state index in [1.54, 1.807) is 7.11 Å². The van der Waals surface area contributed by atoms with Crippen LogP contribution in [0.4, 0.5) is 0 Å². The Morgan fingerprint density at radius 1 is 1.33 bits per heavy atom. The van der Waals surface area contributed by atoms with Crippen LogP contribution in [0.2, 0.25) is 0 Å². The van der Waals surface area contributed by atoms with Crippen molar-refractivity contribution in [3.8, 4) is 11.6 Å². The highest BCUT2D eigenvalue weighted by Gasteiger charge is 2.11. The van der Waals surface area contributed by atoms with E-state index in [0.717, 1.165) is 35.5 Å². The summed E-state index contributed by atoms with van der Waals surface area (Å²) in [7, 11) is 1.68. The van der Waals surface area contributed by atoms with Gasteiger partial charge in [0, 0.05) is 36.2 Å². The fourth-order valence-electron chi connectivity index (χ4n) is 2.46. The zero-order valence-electron chi connectivity index (χ0n) is 12.2. The van der Waals surface area contributed by atoms with E-state index in [0.29, 0.717) is 12.5 Å². The smallest absolute Gasteiger partial charge is 0.217 e. The minimum atomic E-state index is 0.640. The van der Waals surface area contributed by atoms with E-state index >= 15 is 0 Å². The topological polar surface area (TPSA) is 34.6 Å². The summed E-state index contributed by atoms with van der Waals surface area (Å²) >= 11 is 2.00. The highest BCUT2D eigenvalue weighted by Crippen LogP contribution is 2.28. The van der Waals surface area contributed by atoms with Gasteiger partial charge in [-0.25, -0.2) is 4.98 Å². The van der Waals surface area contributed by atoms with E-state index in [2.05, 4.69) is 9.88 Å². The van der Waals surface area contributed by atoms with Gasteiger partial charge in [-0.15, -0.1) is 11.8 Å². The van der Waals surface area contributed by atoms with Crippen LogP contribution in [0.15, 0.2) is 30.3 Å². The second-order valence-corrected chi connectivity index (χ2v) is 6.11. The molecule has 0 bridgehead atoms. The number of rotatable bonds is 6. The van der Waals surface area contributed by atoms with Crippen molar-refractivity contribution in [2.24, 2.45) is 0 Å². The summed E-state index contributed by atoms with van der Waals surface area (Å²) in [5, 5.41) is 1.02. The van der Waals surface area contributed by atoms with Gasteiger partial charge in [-0.05, 0) is 18.6 Å². The minimum Gasteiger partial charge on any atom is -0.496 e. The number of thioether (sulfide) groups is 1. The lowest BCUT2D eigenvalue weighted by atomic mass is 10.2. The summed E-state index contributed by atoms with van der Waals surface area (Å²) in [6, 6.07) is 9.82. The second-order valence-electron chi connectivity index (χ2n) is 5.04. The quantitative estimate of drug-likeness (QED) is 0.766. The van der Waals surface area contributed by atoms with Crippen LogP contribution in [0.1, 0.15) is 6.42 Å². The zero-order chi connectivity index (χ0) is 14.5. The Morgan fingerprint density at radius 2 is 2.24 bits per heavy atom. The molecule has 0 N–H and O–H groups in total. The molecule has 5 heteroatoms. The van der Waals surface area contributed by atoms with Gasteiger partial charge in [0.25, 0.3) is 0 Å². The van der Waals surface area contributed by atoms with Gasteiger partial charge in [0.05, 0.1) is 19.2 Å².